The molecule has 0 bridgehead atoms. The molecule has 6 rings (SSSR count). The fourth-order valence-electron chi connectivity index (χ4n) is 6.83. The lowest BCUT2D eigenvalue weighted by molar-refractivity contribution is -0.127. The summed E-state index contributed by atoms with van der Waals surface area (Å²) in [6, 6.07) is 24.1. The summed E-state index contributed by atoms with van der Waals surface area (Å²) >= 11 is 0. The first-order chi connectivity index (χ1) is 19.9. The number of benzene rings is 3. The van der Waals surface area contributed by atoms with Crippen LogP contribution >= 0.6 is 0 Å². The Morgan fingerprint density at radius 2 is 1.59 bits per heavy atom. The molecule has 7 heteroatoms. The van der Waals surface area contributed by atoms with E-state index < -0.39 is 5.54 Å². The van der Waals surface area contributed by atoms with Crippen molar-refractivity contribution in [1.82, 2.24) is 9.80 Å². The SMILES string of the molecule is CCN1C(=O)N(c2ccc(-c3cccc(C#N)c3)cc2C)C(=O)C12CCN(Cc1ccc(N3CCCC3)cc1)CC2. The summed E-state index contributed by atoms with van der Waals surface area (Å²) in [5, 5.41) is 9.28. The lowest BCUT2D eigenvalue weighted by Gasteiger charge is -2.42. The van der Waals surface area contributed by atoms with E-state index in [0.29, 0.717) is 30.6 Å². The monoisotopic (exact) mass is 547 g/mol. The van der Waals surface area contributed by atoms with Crippen molar-refractivity contribution in [1.29, 1.82) is 5.26 Å². The Labute approximate surface area is 242 Å². The van der Waals surface area contributed by atoms with E-state index in [1.165, 1.54) is 29.0 Å². The van der Waals surface area contributed by atoms with E-state index in [1.54, 1.807) is 11.0 Å². The molecule has 0 atom stereocenters. The van der Waals surface area contributed by atoms with Crippen LogP contribution in [0.5, 0.6) is 0 Å². The van der Waals surface area contributed by atoms with Gasteiger partial charge in [-0.1, -0.05) is 30.3 Å². The molecule has 0 aromatic heterocycles. The number of amides is 3. The van der Waals surface area contributed by atoms with Crippen molar-refractivity contribution >= 4 is 23.3 Å². The number of rotatable bonds is 6. The molecule has 0 radical (unpaired) electrons. The lowest BCUT2D eigenvalue weighted by atomic mass is 9.85. The van der Waals surface area contributed by atoms with E-state index in [1.807, 2.05) is 50.2 Å². The van der Waals surface area contributed by atoms with E-state index in [2.05, 4.69) is 40.1 Å². The number of urea groups is 1. The van der Waals surface area contributed by atoms with Crippen LogP contribution in [0.1, 0.15) is 49.3 Å². The van der Waals surface area contributed by atoms with Crippen molar-refractivity contribution in [2.45, 2.75) is 51.6 Å². The third-order valence-corrected chi connectivity index (χ3v) is 9.12. The number of aryl methyl sites for hydroxylation is 1. The standard InChI is InChI=1S/C34H37N5O2/c1-3-38-33(41)39(31-14-11-29(21-25(31)2)28-8-6-7-27(22-28)23-35)32(40)34(38)15-19-36(20-16-34)24-26-9-12-30(13-10-26)37-17-4-5-18-37/h6-14,21-22H,3-5,15-20,24H2,1-2H3. The third kappa shape index (κ3) is 4.87. The maximum atomic E-state index is 14.1. The third-order valence-electron chi connectivity index (χ3n) is 9.12. The molecule has 3 amide bonds. The number of nitriles is 1. The molecular weight excluding hydrogens is 510 g/mol. The van der Waals surface area contributed by atoms with Gasteiger partial charge in [0.05, 0.1) is 17.3 Å². The number of carbonyl (C=O) groups excluding carboxylic acids is 2. The largest absolute Gasteiger partial charge is 0.372 e. The van der Waals surface area contributed by atoms with Gasteiger partial charge in [0.1, 0.15) is 5.54 Å². The molecule has 0 aliphatic carbocycles. The minimum Gasteiger partial charge on any atom is -0.372 e. The molecule has 0 saturated carbocycles. The van der Waals surface area contributed by atoms with Crippen molar-refractivity contribution in [2.75, 3.05) is 42.5 Å². The average molecular weight is 548 g/mol. The minimum absolute atomic E-state index is 0.110. The number of nitrogens with zero attached hydrogens (tertiary/aromatic N) is 5. The van der Waals surface area contributed by atoms with Gasteiger partial charge in [0.25, 0.3) is 5.91 Å². The molecule has 41 heavy (non-hydrogen) atoms. The van der Waals surface area contributed by atoms with Crippen molar-refractivity contribution in [3.05, 3.63) is 83.4 Å². The number of imide groups is 1. The van der Waals surface area contributed by atoms with Gasteiger partial charge < -0.3 is 9.80 Å². The molecule has 210 valence electrons. The van der Waals surface area contributed by atoms with Gasteiger partial charge in [0.2, 0.25) is 0 Å². The fourth-order valence-corrected chi connectivity index (χ4v) is 6.83. The summed E-state index contributed by atoms with van der Waals surface area (Å²) in [6.07, 6.45) is 3.80. The predicted molar refractivity (Wildman–Crippen MR) is 162 cm³/mol. The van der Waals surface area contributed by atoms with Crippen LogP contribution in [0.2, 0.25) is 0 Å². The van der Waals surface area contributed by atoms with E-state index in [-0.39, 0.29) is 11.9 Å². The number of likely N-dealkylation sites (tertiary alicyclic amines) is 1. The summed E-state index contributed by atoms with van der Waals surface area (Å²) in [5.41, 5.74) is 5.76. The molecule has 1 spiro atoms. The second kappa shape index (κ2) is 11.0. The van der Waals surface area contributed by atoms with E-state index in [0.717, 1.165) is 49.4 Å². The smallest absolute Gasteiger partial charge is 0.332 e. The van der Waals surface area contributed by atoms with Crippen LogP contribution in [0.3, 0.4) is 0 Å². The van der Waals surface area contributed by atoms with Gasteiger partial charge in [0.15, 0.2) is 0 Å². The Bertz CT molecular complexity index is 1490. The number of hydrogen-bond donors (Lipinski definition) is 0. The highest BCUT2D eigenvalue weighted by Gasteiger charge is 2.58. The maximum absolute atomic E-state index is 14.1. The highest BCUT2D eigenvalue weighted by molar-refractivity contribution is 6.23. The Balaban J connectivity index is 1.17. The number of carbonyl (C=O) groups is 2. The van der Waals surface area contributed by atoms with Crippen molar-refractivity contribution in [2.24, 2.45) is 0 Å². The first-order valence-corrected chi connectivity index (χ1v) is 14.8. The van der Waals surface area contributed by atoms with Crippen LogP contribution in [-0.2, 0) is 11.3 Å². The van der Waals surface area contributed by atoms with Crippen LogP contribution in [-0.4, -0.2) is 60.0 Å². The molecule has 0 unspecified atom stereocenters. The van der Waals surface area contributed by atoms with Crippen LogP contribution in [0.4, 0.5) is 16.2 Å². The number of likely N-dealkylation sites (N-methyl/N-ethyl adjacent to an activating group) is 1. The van der Waals surface area contributed by atoms with Crippen molar-refractivity contribution in [3.8, 4) is 17.2 Å². The topological polar surface area (TPSA) is 70.9 Å². The summed E-state index contributed by atoms with van der Waals surface area (Å²) in [4.78, 5) is 35.8. The van der Waals surface area contributed by atoms with Gasteiger partial charge in [-0.2, -0.15) is 5.26 Å². The summed E-state index contributed by atoms with van der Waals surface area (Å²) in [6.45, 7) is 9.07. The van der Waals surface area contributed by atoms with Crippen LogP contribution < -0.4 is 9.80 Å². The summed E-state index contributed by atoms with van der Waals surface area (Å²) in [5.74, 6) is -0.110. The molecule has 3 aromatic rings. The van der Waals surface area contributed by atoms with Crippen LogP contribution in [0, 0.1) is 18.3 Å². The van der Waals surface area contributed by atoms with E-state index >= 15 is 0 Å². The first kappa shape index (κ1) is 27.0. The lowest BCUT2D eigenvalue weighted by Crippen LogP contribution is -2.56. The molecule has 3 aliphatic rings. The van der Waals surface area contributed by atoms with E-state index in [9.17, 15) is 14.9 Å². The van der Waals surface area contributed by atoms with Crippen LogP contribution in [0.15, 0.2) is 66.7 Å². The normalized spacial score (nSPS) is 18.9. The minimum atomic E-state index is -0.797. The maximum Gasteiger partial charge on any atom is 0.332 e. The molecule has 3 aromatic carbocycles. The number of anilines is 2. The first-order valence-electron chi connectivity index (χ1n) is 14.8. The molecule has 3 fully saturated rings. The van der Waals surface area contributed by atoms with Crippen molar-refractivity contribution in [3.63, 3.8) is 0 Å². The van der Waals surface area contributed by atoms with Gasteiger partial charge in [-0.3, -0.25) is 9.69 Å². The fraction of sp³-hybridized carbons (Fsp3) is 0.382. The van der Waals surface area contributed by atoms with Gasteiger partial charge in [-0.05, 0) is 98.2 Å². The Hall–Kier alpha value is -4.15. The highest BCUT2D eigenvalue weighted by Crippen LogP contribution is 2.41. The van der Waals surface area contributed by atoms with Gasteiger partial charge >= 0.3 is 6.03 Å². The van der Waals surface area contributed by atoms with Gasteiger partial charge in [-0.15, -0.1) is 0 Å². The molecular formula is C34H37N5O2. The summed E-state index contributed by atoms with van der Waals surface area (Å²) < 4.78 is 0. The second-order valence-corrected chi connectivity index (χ2v) is 11.5. The average Bonchev–Trinajstić information content (AvgIpc) is 3.61. The molecule has 0 N–H and O–H groups in total. The Morgan fingerprint density at radius 1 is 0.878 bits per heavy atom. The van der Waals surface area contributed by atoms with E-state index in [4.69, 9.17) is 0 Å². The predicted octanol–water partition coefficient (Wildman–Crippen LogP) is 5.96. The Morgan fingerprint density at radius 3 is 2.24 bits per heavy atom. The van der Waals surface area contributed by atoms with Crippen LogP contribution in [0.25, 0.3) is 11.1 Å². The zero-order chi connectivity index (χ0) is 28.6. The quantitative estimate of drug-likeness (QED) is 0.356. The van der Waals surface area contributed by atoms with Gasteiger partial charge in [-0.25, -0.2) is 9.69 Å². The zero-order valence-electron chi connectivity index (χ0n) is 24.0. The molecule has 3 heterocycles. The van der Waals surface area contributed by atoms with Gasteiger partial charge in [0, 0.05) is 45.0 Å². The summed E-state index contributed by atoms with van der Waals surface area (Å²) in [7, 11) is 0. The Kier molecular flexibility index (Phi) is 7.27. The second-order valence-electron chi connectivity index (χ2n) is 11.5. The zero-order valence-corrected chi connectivity index (χ0v) is 24.0. The highest BCUT2D eigenvalue weighted by atomic mass is 16.2. The number of piperidine rings is 1. The number of hydrogen-bond acceptors (Lipinski definition) is 5. The molecule has 7 nitrogen and oxygen atoms in total. The van der Waals surface area contributed by atoms with Crippen molar-refractivity contribution < 1.29 is 9.59 Å². The molecule has 3 saturated heterocycles. The molecule has 3 aliphatic heterocycles.